The van der Waals surface area contributed by atoms with E-state index in [0.717, 1.165) is 37.1 Å². The summed E-state index contributed by atoms with van der Waals surface area (Å²) in [7, 11) is 0. The molecule has 0 heterocycles. The lowest BCUT2D eigenvalue weighted by Gasteiger charge is -2.06. The van der Waals surface area contributed by atoms with Crippen LogP contribution in [0.15, 0.2) is 48.5 Å². The molecule has 3 heteroatoms. The number of rotatable bonds is 6. The number of benzene rings is 2. The number of phenols is 1. The first kappa shape index (κ1) is 13.6. The van der Waals surface area contributed by atoms with Crippen molar-refractivity contribution in [3.05, 3.63) is 65.5 Å². The Morgan fingerprint density at radius 1 is 1.00 bits per heavy atom. The van der Waals surface area contributed by atoms with Gasteiger partial charge in [0, 0.05) is 6.54 Å². The van der Waals surface area contributed by atoms with Crippen molar-refractivity contribution in [2.45, 2.75) is 19.4 Å². The SMILES string of the molecule is Oc1ccccc1CCCNCc1ccc(F)cc1. The van der Waals surface area contributed by atoms with Crippen molar-refractivity contribution in [3.63, 3.8) is 0 Å². The molecule has 2 aromatic rings. The first-order valence-corrected chi connectivity index (χ1v) is 6.48. The number of para-hydroxylation sites is 1. The van der Waals surface area contributed by atoms with Gasteiger partial charge in [-0.3, -0.25) is 0 Å². The normalized spacial score (nSPS) is 10.6. The number of hydrogen-bond donors (Lipinski definition) is 2. The van der Waals surface area contributed by atoms with Crippen molar-refractivity contribution in [2.24, 2.45) is 0 Å². The molecule has 0 aliphatic carbocycles. The van der Waals surface area contributed by atoms with Crippen LogP contribution in [0.2, 0.25) is 0 Å². The summed E-state index contributed by atoms with van der Waals surface area (Å²) in [5.74, 6) is 0.157. The smallest absolute Gasteiger partial charge is 0.123 e. The summed E-state index contributed by atoms with van der Waals surface area (Å²) in [4.78, 5) is 0. The molecule has 0 aromatic heterocycles. The van der Waals surface area contributed by atoms with Gasteiger partial charge in [-0.1, -0.05) is 30.3 Å². The van der Waals surface area contributed by atoms with Crippen molar-refractivity contribution >= 4 is 0 Å². The number of aryl methyl sites for hydroxylation is 1. The minimum absolute atomic E-state index is 0.205. The molecule has 2 N–H and O–H groups in total. The van der Waals surface area contributed by atoms with E-state index in [4.69, 9.17) is 0 Å². The molecule has 2 nitrogen and oxygen atoms in total. The third-order valence-corrected chi connectivity index (χ3v) is 3.03. The average molecular weight is 259 g/mol. The Hall–Kier alpha value is -1.87. The molecule has 0 bridgehead atoms. The van der Waals surface area contributed by atoms with Crippen LogP contribution in [0.5, 0.6) is 5.75 Å². The van der Waals surface area contributed by atoms with Crippen LogP contribution in [0.4, 0.5) is 4.39 Å². The van der Waals surface area contributed by atoms with E-state index in [1.165, 1.54) is 12.1 Å². The monoisotopic (exact) mass is 259 g/mol. The molecule has 0 radical (unpaired) electrons. The van der Waals surface area contributed by atoms with Crippen LogP contribution >= 0.6 is 0 Å². The second kappa shape index (κ2) is 6.90. The van der Waals surface area contributed by atoms with Crippen molar-refractivity contribution in [3.8, 4) is 5.75 Å². The summed E-state index contributed by atoms with van der Waals surface area (Å²) in [6, 6.07) is 13.9. The van der Waals surface area contributed by atoms with Gasteiger partial charge in [0.15, 0.2) is 0 Å². The molecular formula is C16H18FNO. The summed E-state index contributed by atoms with van der Waals surface area (Å²) in [5, 5.41) is 12.9. The molecule has 0 fully saturated rings. The van der Waals surface area contributed by atoms with E-state index >= 15 is 0 Å². The van der Waals surface area contributed by atoms with Crippen LogP contribution in [-0.4, -0.2) is 11.7 Å². The molecule has 0 spiro atoms. The second-order valence-electron chi connectivity index (χ2n) is 4.54. The predicted molar refractivity (Wildman–Crippen MR) is 74.5 cm³/mol. The maximum absolute atomic E-state index is 12.7. The maximum atomic E-state index is 12.7. The molecule has 0 aliphatic rings. The highest BCUT2D eigenvalue weighted by Crippen LogP contribution is 2.16. The van der Waals surface area contributed by atoms with Crippen LogP contribution in [0.3, 0.4) is 0 Å². The highest BCUT2D eigenvalue weighted by Gasteiger charge is 1.99. The number of halogens is 1. The lowest BCUT2D eigenvalue weighted by Crippen LogP contribution is -2.15. The van der Waals surface area contributed by atoms with Crippen molar-refractivity contribution in [2.75, 3.05) is 6.54 Å². The van der Waals surface area contributed by atoms with Gasteiger partial charge in [-0.2, -0.15) is 0 Å². The van der Waals surface area contributed by atoms with Gasteiger partial charge in [0.25, 0.3) is 0 Å². The summed E-state index contributed by atoms with van der Waals surface area (Å²) in [5.41, 5.74) is 2.05. The van der Waals surface area contributed by atoms with Crippen LogP contribution in [0.25, 0.3) is 0 Å². The van der Waals surface area contributed by atoms with Gasteiger partial charge in [-0.25, -0.2) is 4.39 Å². The van der Waals surface area contributed by atoms with E-state index in [-0.39, 0.29) is 5.82 Å². The standard InChI is InChI=1S/C16H18FNO/c17-15-9-7-13(8-10-15)12-18-11-3-5-14-4-1-2-6-16(14)19/h1-2,4,6-10,18-19H,3,5,11-12H2. The van der Waals surface area contributed by atoms with Gasteiger partial charge in [0.1, 0.15) is 11.6 Å². The van der Waals surface area contributed by atoms with Gasteiger partial charge >= 0.3 is 0 Å². The molecule has 0 amide bonds. The molecule has 0 saturated heterocycles. The highest BCUT2D eigenvalue weighted by atomic mass is 19.1. The molecule has 0 saturated carbocycles. The Balaban J connectivity index is 1.67. The fourth-order valence-electron chi connectivity index (χ4n) is 1.96. The molecule has 0 unspecified atom stereocenters. The average Bonchev–Trinajstić information content (AvgIpc) is 2.42. The fraction of sp³-hybridized carbons (Fsp3) is 0.250. The minimum Gasteiger partial charge on any atom is -0.508 e. The molecule has 0 atom stereocenters. The Morgan fingerprint density at radius 3 is 2.47 bits per heavy atom. The number of hydrogen-bond acceptors (Lipinski definition) is 2. The van der Waals surface area contributed by atoms with Crippen molar-refractivity contribution in [1.82, 2.24) is 5.32 Å². The zero-order chi connectivity index (χ0) is 13.5. The summed E-state index contributed by atoms with van der Waals surface area (Å²) in [6.45, 7) is 1.60. The molecular weight excluding hydrogens is 241 g/mol. The predicted octanol–water partition coefficient (Wildman–Crippen LogP) is 3.25. The Kier molecular flexibility index (Phi) is 4.93. The van der Waals surface area contributed by atoms with E-state index in [9.17, 15) is 9.50 Å². The maximum Gasteiger partial charge on any atom is 0.123 e. The molecule has 100 valence electrons. The third kappa shape index (κ3) is 4.38. The Bertz CT molecular complexity index is 510. The number of phenolic OH excluding ortho intramolecular Hbond substituents is 1. The lowest BCUT2D eigenvalue weighted by molar-refractivity contribution is 0.466. The van der Waals surface area contributed by atoms with Crippen LogP contribution in [-0.2, 0) is 13.0 Å². The number of aromatic hydroxyl groups is 1. The Morgan fingerprint density at radius 2 is 1.74 bits per heavy atom. The quantitative estimate of drug-likeness (QED) is 0.780. The van der Waals surface area contributed by atoms with Crippen LogP contribution < -0.4 is 5.32 Å². The summed E-state index contributed by atoms with van der Waals surface area (Å²) < 4.78 is 12.7. The lowest BCUT2D eigenvalue weighted by atomic mass is 10.1. The molecule has 19 heavy (non-hydrogen) atoms. The van der Waals surface area contributed by atoms with Crippen LogP contribution in [0.1, 0.15) is 17.5 Å². The largest absolute Gasteiger partial charge is 0.508 e. The molecule has 0 aliphatic heterocycles. The van der Waals surface area contributed by atoms with Crippen LogP contribution in [0, 0.1) is 5.82 Å². The third-order valence-electron chi connectivity index (χ3n) is 3.03. The highest BCUT2D eigenvalue weighted by molar-refractivity contribution is 5.31. The van der Waals surface area contributed by atoms with E-state index < -0.39 is 0 Å². The number of nitrogens with one attached hydrogen (secondary N) is 1. The van der Waals surface area contributed by atoms with Crippen molar-refractivity contribution < 1.29 is 9.50 Å². The van der Waals surface area contributed by atoms with Gasteiger partial charge in [-0.05, 0) is 48.7 Å². The first-order chi connectivity index (χ1) is 9.25. The molecule has 2 rings (SSSR count). The van der Waals surface area contributed by atoms with Gasteiger partial charge in [-0.15, -0.1) is 0 Å². The van der Waals surface area contributed by atoms with E-state index in [0.29, 0.717) is 5.75 Å². The minimum atomic E-state index is -0.205. The zero-order valence-electron chi connectivity index (χ0n) is 10.8. The van der Waals surface area contributed by atoms with E-state index in [1.807, 2.05) is 18.2 Å². The summed E-state index contributed by atoms with van der Waals surface area (Å²) in [6.07, 6.45) is 1.81. The van der Waals surface area contributed by atoms with E-state index in [2.05, 4.69) is 5.32 Å². The molecule has 2 aromatic carbocycles. The van der Waals surface area contributed by atoms with Gasteiger partial charge < -0.3 is 10.4 Å². The van der Waals surface area contributed by atoms with Gasteiger partial charge in [0.05, 0.1) is 0 Å². The van der Waals surface area contributed by atoms with E-state index in [1.54, 1.807) is 18.2 Å². The fourth-order valence-corrected chi connectivity index (χ4v) is 1.96. The zero-order valence-corrected chi connectivity index (χ0v) is 10.8. The summed E-state index contributed by atoms with van der Waals surface area (Å²) >= 11 is 0. The second-order valence-corrected chi connectivity index (χ2v) is 4.54. The Labute approximate surface area is 112 Å². The van der Waals surface area contributed by atoms with Crippen molar-refractivity contribution in [1.29, 1.82) is 0 Å². The first-order valence-electron chi connectivity index (χ1n) is 6.48. The van der Waals surface area contributed by atoms with Gasteiger partial charge in [0.2, 0.25) is 0 Å². The topological polar surface area (TPSA) is 32.3 Å².